The van der Waals surface area contributed by atoms with Gasteiger partial charge >= 0.3 is 6.09 Å². The van der Waals surface area contributed by atoms with Crippen molar-refractivity contribution in [2.24, 2.45) is 0 Å². The van der Waals surface area contributed by atoms with Crippen LogP contribution in [0.1, 0.15) is 44.7 Å². The van der Waals surface area contributed by atoms with Gasteiger partial charge in [-0.25, -0.2) is 4.79 Å². The summed E-state index contributed by atoms with van der Waals surface area (Å²) in [6.45, 7) is 5.67. The van der Waals surface area contributed by atoms with Crippen LogP contribution in [0.5, 0.6) is 0 Å². The minimum atomic E-state index is -0.465. The van der Waals surface area contributed by atoms with Crippen LogP contribution < -0.4 is 5.32 Å². The van der Waals surface area contributed by atoms with E-state index < -0.39 is 5.60 Å². The number of hydrogen-bond donors (Lipinski definition) is 1. The molecule has 1 fully saturated rings. The monoisotopic (exact) mass is 336 g/mol. The molecule has 4 rings (SSSR count). The maximum Gasteiger partial charge on any atom is 0.407 e. The van der Waals surface area contributed by atoms with Gasteiger partial charge in [0.25, 0.3) is 0 Å². The van der Waals surface area contributed by atoms with Crippen molar-refractivity contribution in [2.75, 3.05) is 0 Å². The summed E-state index contributed by atoms with van der Waals surface area (Å²) in [7, 11) is 0. The topological polar surface area (TPSA) is 51.2 Å². The van der Waals surface area contributed by atoms with Crippen molar-refractivity contribution in [3.8, 4) is 11.1 Å². The maximum atomic E-state index is 12.1. The van der Waals surface area contributed by atoms with E-state index in [0.29, 0.717) is 0 Å². The van der Waals surface area contributed by atoms with Gasteiger partial charge in [-0.1, -0.05) is 24.3 Å². The van der Waals surface area contributed by atoms with Gasteiger partial charge in [0.1, 0.15) is 5.60 Å². The average Bonchev–Trinajstić information content (AvgIpc) is 3.11. The molecule has 1 heterocycles. The zero-order chi connectivity index (χ0) is 17.7. The smallest absolute Gasteiger partial charge is 0.407 e. The molecule has 0 aliphatic heterocycles. The fraction of sp³-hybridized carbons (Fsp3) is 0.429. The normalized spacial score (nSPS) is 24.0. The number of nitrogens with one attached hydrogen (secondary N) is 1. The van der Waals surface area contributed by atoms with E-state index in [1.54, 1.807) is 6.20 Å². The minimum absolute atomic E-state index is 0.0878. The van der Waals surface area contributed by atoms with Gasteiger partial charge in [-0.15, -0.1) is 0 Å². The van der Waals surface area contributed by atoms with Crippen LogP contribution in [0, 0.1) is 0 Å². The SMILES string of the molecule is CC(C)(C)OC(=O)NC1CC12CCc1ccc(-c3cccnc3)cc12. The van der Waals surface area contributed by atoms with Gasteiger partial charge in [-0.05, 0) is 68.4 Å². The number of pyridine rings is 1. The third-order valence-corrected chi connectivity index (χ3v) is 5.25. The van der Waals surface area contributed by atoms with E-state index >= 15 is 0 Å². The molecular formula is C21H24N2O2. The second-order valence-electron chi connectivity index (χ2n) is 8.17. The number of carbonyl (C=O) groups excluding carboxylic acids is 1. The molecule has 2 aliphatic carbocycles. The number of benzene rings is 1. The standard InChI is InChI=1S/C21H24N2O2/c1-20(2,3)25-19(24)23-18-12-21(18)9-8-14-6-7-15(11-17(14)21)16-5-4-10-22-13-16/h4-7,10-11,13,18H,8-9,12H2,1-3H3,(H,23,24). The first-order chi connectivity index (χ1) is 11.9. The summed E-state index contributed by atoms with van der Waals surface area (Å²) in [6.07, 6.45) is 6.54. The van der Waals surface area contributed by atoms with Crippen LogP contribution in [-0.4, -0.2) is 22.7 Å². The molecule has 2 unspecified atom stereocenters. The molecule has 1 N–H and O–H groups in total. The summed E-state index contributed by atoms with van der Waals surface area (Å²) in [5, 5.41) is 3.07. The summed E-state index contributed by atoms with van der Waals surface area (Å²) in [4.78, 5) is 16.3. The lowest BCUT2D eigenvalue weighted by molar-refractivity contribution is 0.0519. The maximum absolute atomic E-state index is 12.1. The number of alkyl carbamates (subject to hydrolysis) is 1. The highest BCUT2D eigenvalue weighted by Crippen LogP contribution is 2.57. The first-order valence-electron chi connectivity index (χ1n) is 8.91. The zero-order valence-corrected chi connectivity index (χ0v) is 15.0. The van der Waals surface area contributed by atoms with Crippen molar-refractivity contribution in [1.82, 2.24) is 10.3 Å². The summed E-state index contributed by atoms with van der Waals surface area (Å²) in [6, 6.07) is 10.9. The molecule has 4 heteroatoms. The first kappa shape index (κ1) is 16.1. The van der Waals surface area contributed by atoms with E-state index in [1.165, 1.54) is 16.7 Å². The van der Waals surface area contributed by atoms with Gasteiger partial charge < -0.3 is 10.1 Å². The van der Waals surface area contributed by atoms with Crippen molar-refractivity contribution in [2.45, 2.75) is 57.1 Å². The van der Waals surface area contributed by atoms with Gasteiger partial charge in [0, 0.05) is 23.9 Å². The fourth-order valence-corrected chi connectivity index (χ4v) is 3.98. The van der Waals surface area contributed by atoms with Crippen molar-refractivity contribution in [1.29, 1.82) is 0 Å². The number of hydrogen-bond acceptors (Lipinski definition) is 3. The molecule has 2 aromatic rings. The van der Waals surface area contributed by atoms with Crippen LogP contribution in [0.4, 0.5) is 4.79 Å². The Bertz CT molecular complexity index is 810. The lowest BCUT2D eigenvalue weighted by Gasteiger charge is -2.20. The highest BCUT2D eigenvalue weighted by molar-refractivity contribution is 5.71. The van der Waals surface area contributed by atoms with Crippen molar-refractivity contribution < 1.29 is 9.53 Å². The van der Waals surface area contributed by atoms with E-state index in [-0.39, 0.29) is 17.6 Å². The van der Waals surface area contributed by atoms with E-state index in [4.69, 9.17) is 4.74 Å². The molecule has 2 aliphatic rings. The van der Waals surface area contributed by atoms with Crippen LogP contribution in [-0.2, 0) is 16.6 Å². The predicted octanol–water partition coefficient (Wildman–Crippen LogP) is 4.23. The Hall–Kier alpha value is -2.36. The Morgan fingerprint density at radius 2 is 2.12 bits per heavy atom. The van der Waals surface area contributed by atoms with Gasteiger partial charge in [0.15, 0.2) is 0 Å². The Labute approximate surface area is 148 Å². The second kappa shape index (κ2) is 5.58. The Morgan fingerprint density at radius 1 is 1.28 bits per heavy atom. The van der Waals surface area contributed by atoms with E-state index in [2.05, 4.69) is 34.6 Å². The number of amides is 1. The van der Waals surface area contributed by atoms with Crippen LogP contribution >= 0.6 is 0 Å². The molecule has 0 saturated heterocycles. The van der Waals surface area contributed by atoms with Gasteiger partial charge in [-0.2, -0.15) is 0 Å². The Balaban J connectivity index is 1.55. The number of aryl methyl sites for hydroxylation is 1. The number of ether oxygens (including phenoxy) is 1. The molecule has 25 heavy (non-hydrogen) atoms. The first-order valence-corrected chi connectivity index (χ1v) is 8.91. The lowest BCUT2D eigenvalue weighted by atomic mass is 9.94. The molecule has 1 saturated carbocycles. The Kier molecular flexibility index (Phi) is 3.60. The summed E-state index contributed by atoms with van der Waals surface area (Å²) < 4.78 is 5.41. The molecule has 130 valence electrons. The molecule has 1 aromatic heterocycles. The highest BCUT2D eigenvalue weighted by atomic mass is 16.6. The minimum Gasteiger partial charge on any atom is -0.444 e. The highest BCUT2D eigenvalue weighted by Gasteiger charge is 2.59. The molecule has 1 amide bonds. The number of aromatic nitrogens is 1. The average molecular weight is 336 g/mol. The van der Waals surface area contributed by atoms with E-state index in [1.807, 2.05) is 33.0 Å². The van der Waals surface area contributed by atoms with Crippen LogP contribution in [0.15, 0.2) is 42.7 Å². The lowest BCUT2D eigenvalue weighted by Crippen LogP contribution is -2.36. The molecule has 4 nitrogen and oxygen atoms in total. The largest absolute Gasteiger partial charge is 0.444 e. The summed E-state index contributed by atoms with van der Waals surface area (Å²) in [5.41, 5.74) is 4.73. The van der Waals surface area contributed by atoms with Crippen molar-refractivity contribution >= 4 is 6.09 Å². The molecule has 0 radical (unpaired) electrons. The van der Waals surface area contributed by atoms with Crippen molar-refractivity contribution in [3.63, 3.8) is 0 Å². The molecule has 2 atom stereocenters. The van der Waals surface area contributed by atoms with Gasteiger partial charge in [0.05, 0.1) is 0 Å². The third kappa shape index (κ3) is 3.01. The fourth-order valence-electron chi connectivity index (χ4n) is 3.98. The molecule has 1 spiro atoms. The number of fused-ring (bicyclic) bond motifs is 2. The van der Waals surface area contributed by atoms with E-state index in [0.717, 1.165) is 24.8 Å². The predicted molar refractivity (Wildman–Crippen MR) is 97.4 cm³/mol. The second-order valence-corrected chi connectivity index (χ2v) is 8.17. The van der Waals surface area contributed by atoms with Crippen LogP contribution in [0.3, 0.4) is 0 Å². The summed E-state index contributed by atoms with van der Waals surface area (Å²) >= 11 is 0. The summed E-state index contributed by atoms with van der Waals surface area (Å²) in [5.74, 6) is 0. The van der Waals surface area contributed by atoms with Crippen molar-refractivity contribution in [3.05, 3.63) is 53.9 Å². The number of nitrogens with zero attached hydrogens (tertiary/aromatic N) is 1. The molecular weight excluding hydrogens is 312 g/mol. The van der Waals surface area contributed by atoms with Gasteiger partial charge in [-0.3, -0.25) is 4.98 Å². The zero-order valence-electron chi connectivity index (χ0n) is 15.0. The Morgan fingerprint density at radius 3 is 2.84 bits per heavy atom. The quantitative estimate of drug-likeness (QED) is 0.893. The van der Waals surface area contributed by atoms with E-state index in [9.17, 15) is 4.79 Å². The number of carbonyl (C=O) groups is 1. The van der Waals surface area contributed by atoms with Gasteiger partial charge in [0.2, 0.25) is 0 Å². The molecule has 1 aromatic carbocycles. The van der Waals surface area contributed by atoms with Crippen LogP contribution in [0.25, 0.3) is 11.1 Å². The van der Waals surface area contributed by atoms with Crippen LogP contribution in [0.2, 0.25) is 0 Å². The number of rotatable bonds is 2. The third-order valence-electron chi connectivity index (χ3n) is 5.25. The molecule has 0 bridgehead atoms.